The monoisotopic (exact) mass is 278 g/mol. The Labute approximate surface area is 112 Å². The molecule has 1 fully saturated rings. The van der Waals surface area contributed by atoms with Crippen LogP contribution in [0.2, 0.25) is 0 Å². The lowest BCUT2D eigenvalue weighted by Gasteiger charge is -2.25. The Bertz CT molecular complexity index is 611. The molecule has 19 heavy (non-hydrogen) atoms. The number of nitrogens with zero attached hydrogens (tertiary/aromatic N) is 2. The first-order chi connectivity index (χ1) is 9.22. The van der Waals surface area contributed by atoms with Crippen molar-refractivity contribution in [2.45, 2.75) is 12.5 Å². The van der Waals surface area contributed by atoms with E-state index in [2.05, 4.69) is 20.6 Å². The zero-order valence-electron chi connectivity index (χ0n) is 9.89. The first kappa shape index (κ1) is 12.2. The average Bonchev–Trinajstić information content (AvgIpc) is 2.75. The molecule has 0 spiro atoms. The summed E-state index contributed by atoms with van der Waals surface area (Å²) in [6, 6.07) is 4.41. The molecule has 1 saturated heterocycles. The van der Waals surface area contributed by atoms with E-state index in [1.54, 1.807) is 17.5 Å². The molecule has 0 aromatic carbocycles. The third-order valence-electron chi connectivity index (χ3n) is 2.85. The second-order valence-electron chi connectivity index (χ2n) is 4.17. The third-order valence-corrected chi connectivity index (χ3v) is 3.61. The molecule has 3 rings (SSSR count). The van der Waals surface area contributed by atoms with Crippen LogP contribution in [-0.2, 0) is 4.79 Å². The molecule has 0 radical (unpaired) electrons. The second-order valence-corrected chi connectivity index (χ2v) is 5.03. The van der Waals surface area contributed by atoms with Gasteiger partial charge in [0.05, 0.1) is 11.7 Å². The minimum absolute atomic E-state index is 0.0839. The Balaban J connectivity index is 1.74. The molecule has 0 saturated carbocycles. The van der Waals surface area contributed by atoms with Crippen molar-refractivity contribution in [1.29, 1.82) is 0 Å². The van der Waals surface area contributed by atoms with Crippen molar-refractivity contribution in [2.24, 2.45) is 0 Å². The molecule has 1 aliphatic rings. The van der Waals surface area contributed by atoms with Crippen molar-refractivity contribution < 1.29 is 9.18 Å². The second kappa shape index (κ2) is 5.02. The topological polar surface area (TPSA) is 66.9 Å². The normalized spacial score (nSPS) is 17.8. The molecule has 0 unspecified atom stereocenters. The fourth-order valence-corrected chi connectivity index (χ4v) is 2.41. The van der Waals surface area contributed by atoms with Crippen LogP contribution in [0, 0.1) is 5.95 Å². The first-order valence-corrected chi connectivity index (χ1v) is 6.73. The molecule has 7 heteroatoms. The van der Waals surface area contributed by atoms with Crippen molar-refractivity contribution in [3.8, 4) is 11.4 Å². The molecule has 2 aromatic rings. The molecule has 2 N–H and O–H groups in total. The van der Waals surface area contributed by atoms with E-state index in [4.69, 9.17) is 0 Å². The van der Waals surface area contributed by atoms with Gasteiger partial charge in [0.15, 0.2) is 5.13 Å². The zero-order chi connectivity index (χ0) is 13.2. The number of rotatable bonds is 3. The highest BCUT2D eigenvalue weighted by Crippen LogP contribution is 2.23. The number of hydrogen-bond donors (Lipinski definition) is 2. The van der Waals surface area contributed by atoms with Gasteiger partial charge in [0.2, 0.25) is 11.9 Å². The molecule has 98 valence electrons. The number of thiazole rings is 1. The van der Waals surface area contributed by atoms with E-state index < -0.39 is 5.95 Å². The van der Waals surface area contributed by atoms with Crippen molar-refractivity contribution in [3.63, 3.8) is 0 Å². The molecular weight excluding hydrogens is 267 g/mol. The van der Waals surface area contributed by atoms with Gasteiger partial charge in [-0.25, -0.2) is 9.97 Å². The van der Waals surface area contributed by atoms with Crippen LogP contribution in [-0.4, -0.2) is 28.5 Å². The third kappa shape index (κ3) is 2.61. The fourth-order valence-electron chi connectivity index (χ4n) is 1.70. The molecular formula is C12H11FN4OS. The van der Waals surface area contributed by atoms with Crippen LogP contribution >= 0.6 is 11.3 Å². The standard InChI is InChI=1S/C12H11FN4OS/c13-10-3-1-2-7(15-10)9-6-19-12(16-9)17-11(18)8-4-5-14-8/h1-3,6,8,14H,4-5H2,(H,16,17,18)/t8-/m0/s1. The Hall–Kier alpha value is -1.86. The van der Waals surface area contributed by atoms with Crippen molar-refractivity contribution in [3.05, 3.63) is 29.5 Å². The van der Waals surface area contributed by atoms with Crippen molar-refractivity contribution in [2.75, 3.05) is 11.9 Å². The number of aromatic nitrogens is 2. The lowest BCUT2D eigenvalue weighted by Crippen LogP contribution is -2.50. The molecule has 1 amide bonds. The molecule has 3 heterocycles. The number of carbonyl (C=O) groups excluding carboxylic acids is 1. The number of pyridine rings is 1. The number of anilines is 1. The minimum Gasteiger partial charge on any atom is -0.306 e. The van der Waals surface area contributed by atoms with Crippen LogP contribution in [0.4, 0.5) is 9.52 Å². The van der Waals surface area contributed by atoms with Gasteiger partial charge in [-0.15, -0.1) is 11.3 Å². The molecule has 0 bridgehead atoms. The lowest BCUT2D eigenvalue weighted by molar-refractivity contribution is -0.119. The number of amides is 1. The van der Waals surface area contributed by atoms with Crippen molar-refractivity contribution in [1.82, 2.24) is 15.3 Å². The van der Waals surface area contributed by atoms with Gasteiger partial charge in [0.1, 0.15) is 5.69 Å². The highest BCUT2D eigenvalue weighted by Gasteiger charge is 2.25. The van der Waals surface area contributed by atoms with E-state index in [1.807, 2.05) is 0 Å². The van der Waals surface area contributed by atoms with Gasteiger partial charge >= 0.3 is 0 Å². The summed E-state index contributed by atoms with van der Waals surface area (Å²) in [6.45, 7) is 0.869. The lowest BCUT2D eigenvalue weighted by atomic mass is 10.1. The predicted molar refractivity (Wildman–Crippen MR) is 70.3 cm³/mol. The number of halogens is 1. The Morgan fingerprint density at radius 2 is 2.26 bits per heavy atom. The Kier molecular flexibility index (Phi) is 3.22. The van der Waals surface area contributed by atoms with Crippen LogP contribution in [0.1, 0.15) is 6.42 Å². The predicted octanol–water partition coefficient (Wildman–Crippen LogP) is 1.64. The molecule has 5 nitrogen and oxygen atoms in total. The van der Waals surface area contributed by atoms with Crippen LogP contribution in [0.3, 0.4) is 0 Å². The number of hydrogen-bond acceptors (Lipinski definition) is 5. The van der Waals surface area contributed by atoms with Gasteiger partial charge in [-0.05, 0) is 25.1 Å². The maximum Gasteiger partial charge on any atom is 0.243 e. The summed E-state index contributed by atoms with van der Waals surface area (Å²) in [5.74, 6) is -0.630. The van der Waals surface area contributed by atoms with E-state index in [-0.39, 0.29) is 11.9 Å². The van der Waals surface area contributed by atoms with E-state index in [0.29, 0.717) is 16.5 Å². The summed E-state index contributed by atoms with van der Waals surface area (Å²) >= 11 is 1.30. The van der Waals surface area contributed by atoms with Gasteiger partial charge in [-0.3, -0.25) is 4.79 Å². The van der Waals surface area contributed by atoms with Crippen molar-refractivity contribution >= 4 is 22.4 Å². The average molecular weight is 278 g/mol. The number of nitrogens with one attached hydrogen (secondary N) is 2. The van der Waals surface area contributed by atoms with Gasteiger partial charge < -0.3 is 10.6 Å². The molecule has 1 aliphatic heterocycles. The Morgan fingerprint density at radius 1 is 1.42 bits per heavy atom. The largest absolute Gasteiger partial charge is 0.306 e. The van der Waals surface area contributed by atoms with Crippen LogP contribution in [0.5, 0.6) is 0 Å². The van der Waals surface area contributed by atoms with Crippen LogP contribution < -0.4 is 10.6 Å². The van der Waals surface area contributed by atoms with Gasteiger partial charge in [0.25, 0.3) is 0 Å². The van der Waals surface area contributed by atoms with Gasteiger partial charge in [-0.1, -0.05) is 6.07 Å². The molecule has 2 aromatic heterocycles. The summed E-state index contributed by atoms with van der Waals surface area (Å²) in [6.07, 6.45) is 0.843. The van der Waals surface area contributed by atoms with E-state index in [9.17, 15) is 9.18 Å². The summed E-state index contributed by atoms with van der Waals surface area (Å²) in [7, 11) is 0. The molecule has 0 aliphatic carbocycles. The summed E-state index contributed by atoms with van der Waals surface area (Å²) in [4.78, 5) is 19.7. The summed E-state index contributed by atoms with van der Waals surface area (Å²) in [5.41, 5.74) is 1.01. The maximum absolute atomic E-state index is 13.0. The van der Waals surface area contributed by atoms with E-state index in [1.165, 1.54) is 17.4 Å². The number of carbonyl (C=O) groups is 1. The zero-order valence-corrected chi connectivity index (χ0v) is 10.7. The molecule has 1 atom stereocenters. The first-order valence-electron chi connectivity index (χ1n) is 5.85. The SMILES string of the molecule is O=C(Nc1nc(-c2cccc(F)n2)cs1)[C@@H]1CCN1. The van der Waals surface area contributed by atoms with Crippen LogP contribution in [0.15, 0.2) is 23.6 Å². The van der Waals surface area contributed by atoms with Gasteiger partial charge in [0, 0.05) is 5.38 Å². The van der Waals surface area contributed by atoms with E-state index >= 15 is 0 Å². The fraction of sp³-hybridized carbons (Fsp3) is 0.250. The summed E-state index contributed by atoms with van der Waals surface area (Å²) < 4.78 is 13.0. The quantitative estimate of drug-likeness (QED) is 0.838. The van der Waals surface area contributed by atoms with Gasteiger partial charge in [-0.2, -0.15) is 4.39 Å². The smallest absolute Gasteiger partial charge is 0.243 e. The highest BCUT2D eigenvalue weighted by molar-refractivity contribution is 7.14. The van der Waals surface area contributed by atoms with Crippen LogP contribution in [0.25, 0.3) is 11.4 Å². The Morgan fingerprint density at radius 3 is 2.95 bits per heavy atom. The summed E-state index contributed by atoms with van der Waals surface area (Å²) in [5, 5.41) is 7.99. The maximum atomic E-state index is 13.0. The highest BCUT2D eigenvalue weighted by atomic mass is 32.1. The minimum atomic E-state index is -0.547. The van der Waals surface area contributed by atoms with E-state index in [0.717, 1.165) is 13.0 Å².